The molecular weight excluding hydrogens is 236 g/mol. The maximum atomic E-state index is 9.33. The van der Waals surface area contributed by atoms with Gasteiger partial charge in [0.25, 0.3) is 0 Å². The van der Waals surface area contributed by atoms with Gasteiger partial charge in [0.2, 0.25) is 0 Å². The first-order valence-electron chi connectivity index (χ1n) is 5.28. The van der Waals surface area contributed by atoms with Crippen molar-refractivity contribution in [1.82, 2.24) is 10.3 Å². The zero-order chi connectivity index (χ0) is 12.3. The summed E-state index contributed by atoms with van der Waals surface area (Å²) >= 11 is 1.67. The third-order valence-electron chi connectivity index (χ3n) is 2.34. The molecule has 4 nitrogen and oxygen atoms in total. The lowest BCUT2D eigenvalue weighted by Crippen LogP contribution is -2.11. The number of thiazole rings is 1. The average molecular weight is 250 g/mol. The van der Waals surface area contributed by atoms with Crippen LogP contribution in [0.4, 0.5) is 0 Å². The van der Waals surface area contributed by atoms with E-state index in [-0.39, 0.29) is 11.5 Å². The smallest absolute Gasteiger partial charge is 0.157 e. The third kappa shape index (κ3) is 3.18. The maximum Gasteiger partial charge on any atom is 0.157 e. The van der Waals surface area contributed by atoms with Gasteiger partial charge >= 0.3 is 0 Å². The Kier molecular flexibility index (Phi) is 3.61. The highest BCUT2D eigenvalue weighted by Gasteiger charge is 2.01. The lowest BCUT2D eigenvalue weighted by molar-refractivity contribution is 0.403. The van der Waals surface area contributed by atoms with Gasteiger partial charge in [0, 0.05) is 24.2 Å². The number of aromatic nitrogens is 1. The largest absolute Gasteiger partial charge is 0.504 e. The lowest BCUT2D eigenvalue weighted by Gasteiger charge is -2.04. The predicted octanol–water partition coefficient (Wildman–Crippen LogP) is 2.15. The van der Waals surface area contributed by atoms with Gasteiger partial charge in [-0.05, 0) is 24.6 Å². The van der Waals surface area contributed by atoms with E-state index in [4.69, 9.17) is 0 Å². The van der Waals surface area contributed by atoms with E-state index in [1.165, 1.54) is 10.9 Å². The molecule has 2 rings (SSSR count). The van der Waals surface area contributed by atoms with E-state index in [0.29, 0.717) is 6.54 Å². The van der Waals surface area contributed by atoms with E-state index in [2.05, 4.69) is 10.3 Å². The van der Waals surface area contributed by atoms with Gasteiger partial charge in [0.15, 0.2) is 11.5 Å². The minimum Gasteiger partial charge on any atom is -0.504 e. The van der Waals surface area contributed by atoms with Crippen molar-refractivity contribution in [1.29, 1.82) is 0 Å². The summed E-state index contributed by atoms with van der Waals surface area (Å²) < 4.78 is 0. The fourth-order valence-corrected chi connectivity index (χ4v) is 2.26. The molecule has 0 aliphatic carbocycles. The lowest BCUT2D eigenvalue weighted by atomic mass is 10.2. The van der Waals surface area contributed by atoms with Crippen LogP contribution in [0.5, 0.6) is 11.5 Å². The molecule has 0 unspecified atom stereocenters. The Labute approximate surface area is 104 Å². The molecule has 2 aromatic rings. The molecule has 5 heteroatoms. The van der Waals surface area contributed by atoms with Crippen LogP contribution >= 0.6 is 11.3 Å². The van der Waals surface area contributed by atoms with E-state index < -0.39 is 0 Å². The number of aryl methyl sites for hydroxylation is 1. The summed E-state index contributed by atoms with van der Waals surface area (Å²) in [6, 6.07) is 4.82. The highest BCUT2D eigenvalue weighted by Crippen LogP contribution is 2.24. The van der Waals surface area contributed by atoms with E-state index in [1.54, 1.807) is 23.5 Å². The molecule has 0 atom stereocenters. The van der Waals surface area contributed by atoms with Gasteiger partial charge in [-0.2, -0.15) is 0 Å². The number of benzene rings is 1. The molecule has 1 aromatic carbocycles. The molecule has 0 amide bonds. The first kappa shape index (κ1) is 11.9. The molecule has 0 spiro atoms. The van der Waals surface area contributed by atoms with Crippen LogP contribution in [-0.4, -0.2) is 15.2 Å². The number of nitrogens with zero attached hydrogens (tertiary/aromatic N) is 1. The minimum absolute atomic E-state index is 0.0852. The number of rotatable bonds is 4. The average Bonchev–Trinajstić information content (AvgIpc) is 2.70. The zero-order valence-electron chi connectivity index (χ0n) is 9.47. The molecule has 0 bridgehead atoms. The van der Waals surface area contributed by atoms with Crippen LogP contribution in [0.2, 0.25) is 0 Å². The van der Waals surface area contributed by atoms with Crippen LogP contribution in [-0.2, 0) is 13.1 Å². The van der Waals surface area contributed by atoms with E-state index in [9.17, 15) is 10.2 Å². The van der Waals surface area contributed by atoms with Crippen molar-refractivity contribution in [2.45, 2.75) is 20.0 Å². The SMILES string of the molecule is Cc1ncc(CNCc2ccc(O)c(O)c2)s1. The van der Waals surface area contributed by atoms with Crippen LogP contribution in [0, 0.1) is 6.92 Å². The van der Waals surface area contributed by atoms with Crippen LogP contribution < -0.4 is 5.32 Å². The fourth-order valence-electron chi connectivity index (χ4n) is 1.50. The molecule has 0 saturated carbocycles. The number of hydrogen-bond donors (Lipinski definition) is 3. The third-order valence-corrected chi connectivity index (χ3v) is 3.25. The molecule has 0 radical (unpaired) electrons. The van der Waals surface area contributed by atoms with Crippen molar-refractivity contribution < 1.29 is 10.2 Å². The molecule has 0 aliphatic rings. The van der Waals surface area contributed by atoms with Crippen molar-refractivity contribution in [2.75, 3.05) is 0 Å². The van der Waals surface area contributed by atoms with Crippen molar-refractivity contribution in [3.63, 3.8) is 0 Å². The van der Waals surface area contributed by atoms with E-state index in [1.807, 2.05) is 13.1 Å². The Morgan fingerprint density at radius 2 is 2.06 bits per heavy atom. The summed E-state index contributed by atoms with van der Waals surface area (Å²) in [6.07, 6.45) is 1.86. The van der Waals surface area contributed by atoms with Crippen molar-refractivity contribution in [3.8, 4) is 11.5 Å². The molecule has 17 heavy (non-hydrogen) atoms. The molecule has 3 N–H and O–H groups in total. The van der Waals surface area contributed by atoms with Crippen LogP contribution in [0.3, 0.4) is 0 Å². The van der Waals surface area contributed by atoms with E-state index >= 15 is 0 Å². The summed E-state index contributed by atoms with van der Waals surface area (Å²) in [4.78, 5) is 5.36. The van der Waals surface area contributed by atoms with Crippen molar-refractivity contribution in [3.05, 3.63) is 39.8 Å². The van der Waals surface area contributed by atoms with Crippen molar-refractivity contribution in [2.24, 2.45) is 0 Å². The first-order valence-corrected chi connectivity index (χ1v) is 6.09. The van der Waals surface area contributed by atoms with E-state index in [0.717, 1.165) is 17.1 Å². The highest BCUT2D eigenvalue weighted by molar-refractivity contribution is 7.11. The normalized spacial score (nSPS) is 10.6. The summed E-state index contributed by atoms with van der Waals surface area (Å²) in [5.74, 6) is -0.176. The Balaban J connectivity index is 1.87. The first-order chi connectivity index (χ1) is 8.15. The summed E-state index contributed by atoms with van der Waals surface area (Å²) in [5, 5.41) is 22.8. The summed E-state index contributed by atoms with van der Waals surface area (Å²) in [7, 11) is 0. The van der Waals surface area contributed by atoms with Crippen LogP contribution in [0.15, 0.2) is 24.4 Å². The van der Waals surface area contributed by atoms with Gasteiger partial charge in [-0.1, -0.05) is 6.07 Å². The quantitative estimate of drug-likeness (QED) is 0.727. The Bertz CT molecular complexity index is 511. The monoisotopic (exact) mass is 250 g/mol. The number of phenols is 2. The standard InChI is InChI=1S/C12H14N2O2S/c1-8-14-7-10(17-8)6-13-5-9-2-3-11(15)12(16)4-9/h2-4,7,13,15-16H,5-6H2,1H3. The summed E-state index contributed by atoms with van der Waals surface area (Å²) in [5.41, 5.74) is 0.932. The molecular formula is C12H14N2O2S. The topological polar surface area (TPSA) is 65.4 Å². The van der Waals surface area contributed by atoms with Gasteiger partial charge in [0.05, 0.1) is 5.01 Å². The van der Waals surface area contributed by atoms with Gasteiger partial charge in [-0.25, -0.2) is 4.98 Å². The molecule has 0 aliphatic heterocycles. The van der Waals surface area contributed by atoms with Crippen LogP contribution in [0.25, 0.3) is 0 Å². The molecule has 1 heterocycles. The van der Waals surface area contributed by atoms with Gasteiger partial charge in [-0.15, -0.1) is 11.3 Å². The Morgan fingerprint density at radius 1 is 1.24 bits per heavy atom. The second kappa shape index (κ2) is 5.16. The van der Waals surface area contributed by atoms with Crippen LogP contribution in [0.1, 0.15) is 15.4 Å². The number of nitrogens with one attached hydrogen (secondary N) is 1. The fraction of sp³-hybridized carbons (Fsp3) is 0.250. The number of aromatic hydroxyl groups is 2. The molecule has 0 saturated heterocycles. The van der Waals surface area contributed by atoms with Crippen molar-refractivity contribution >= 4 is 11.3 Å². The molecule has 0 fully saturated rings. The number of phenolic OH excluding ortho intramolecular Hbond substituents is 2. The second-order valence-electron chi connectivity index (χ2n) is 3.77. The predicted molar refractivity (Wildman–Crippen MR) is 67.2 cm³/mol. The minimum atomic E-state index is -0.0909. The molecule has 1 aromatic heterocycles. The van der Waals surface area contributed by atoms with Gasteiger partial charge < -0.3 is 15.5 Å². The summed E-state index contributed by atoms with van der Waals surface area (Å²) in [6.45, 7) is 3.38. The Hall–Kier alpha value is -1.59. The maximum absolute atomic E-state index is 9.33. The van der Waals surface area contributed by atoms with Gasteiger partial charge in [0.1, 0.15) is 0 Å². The second-order valence-corrected chi connectivity index (χ2v) is 5.09. The Morgan fingerprint density at radius 3 is 2.71 bits per heavy atom. The highest BCUT2D eigenvalue weighted by atomic mass is 32.1. The number of hydrogen-bond acceptors (Lipinski definition) is 5. The van der Waals surface area contributed by atoms with Gasteiger partial charge in [-0.3, -0.25) is 0 Å². The molecule has 90 valence electrons. The zero-order valence-corrected chi connectivity index (χ0v) is 10.3.